The van der Waals surface area contributed by atoms with Gasteiger partial charge in [0.15, 0.2) is 0 Å². The number of halogens is 1. The number of benzene rings is 2. The Morgan fingerprint density at radius 1 is 1.22 bits per heavy atom. The van der Waals surface area contributed by atoms with Gasteiger partial charge in [0.2, 0.25) is 0 Å². The maximum Gasteiger partial charge on any atom is 0.322 e. The van der Waals surface area contributed by atoms with Crippen molar-refractivity contribution in [1.82, 2.24) is 4.90 Å². The minimum atomic E-state index is -3.60. The molecule has 8 heteroatoms. The molecule has 1 unspecified atom stereocenters. The molecular formula is C19H23BrN2O4S. The Bertz CT molecular complexity index is 902. The highest BCUT2D eigenvalue weighted by Gasteiger charge is 2.20. The summed E-state index contributed by atoms with van der Waals surface area (Å²) in [6.07, 6.45) is 1.78. The minimum Gasteiger partial charge on any atom is -0.383 e. The highest BCUT2D eigenvalue weighted by Crippen LogP contribution is 2.23. The molecule has 0 saturated heterocycles. The molecule has 0 bridgehead atoms. The van der Waals surface area contributed by atoms with Crippen LogP contribution in [0.5, 0.6) is 5.75 Å². The van der Waals surface area contributed by atoms with Crippen molar-refractivity contribution in [3.63, 3.8) is 0 Å². The zero-order chi connectivity index (χ0) is 20.0. The van der Waals surface area contributed by atoms with Crippen LogP contribution in [0.3, 0.4) is 0 Å². The molecule has 0 aromatic heterocycles. The fourth-order valence-corrected chi connectivity index (χ4v) is 3.30. The molecule has 0 aliphatic rings. The fourth-order valence-electron chi connectivity index (χ4n) is 2.46. The van der Waals surface area contributed by atoms with Crippen LogP contribution < -0.4 is 9.50 Å². The second-order valence-electron chi connectivity index (χ2n) is 6.23. The number of amides is 2. The Kier molecular flexibility index (Phi) is 7.26. The number of urea groups is 1. The van der Waals surface area contributed by atoms with Crippen molar-refractivity contribution in [2.24, 2.45) is 0 Å². The predicted molar refractivity (Wildman–Crippen MR) is 110 cm³/mol. The van der Waals surface area contributed by atoms with Gasteiger partial charge in [0.25, 0.3) is 0 Å². The van der Waals surface area contributed by atoms with E-state index in [4.69, 9.17) is 4.18 Å². The lowest BCUT2D eigenvalue weighted by Gasteiger charge is -2.29. The van der Waals surface area contributed by atoms with Gasteiger partial charge in [0.05, 0.1) is 11.9 Å². The second-order valence-corrected chi connectivity index (χ2v) is 8.66. The third-order valence-electron chi connectivity index (χ3n) is 4.00. The average Bonchev–Trinajstić information content (AvgIpc) is 2.59. The summed E-state index contributed by atoms with van der Waals surface area (Å²) in [5.74, 6) is 0.227. The van der Waals surface area contributed by atoms with Crippen LogP contribution in [-0.2, 0) is 16.7 Å². The molecule has 2 amide bonds. The molecule has 0 spiro atoms. The first-order valence-corrected chi connectivity index (χ1v) is 11.1. The summed E-state index contributed by atoms with van der Waals surface area (Å²) in [6, 6.07) is 13.9. The molecule has 0 aliphatic heterocycles. The minimum absolute atomic E-state index is 0.00744. The Morgan fingerprint density at radius 3 is 2.56 bits per heavy atom. The number of carbonyl (C=O) groups excluding carboxylic acids is 1. The van der Waals surface area contributed by atoms with Crippen molar-refractivity contribution in [3.05, 3.63) is 58.6 Å². The van der Waals surface area contributed by atoms with Gasteiger partial charge in [-0.1, -0.05) is 31.2 Å². The van der Waals surface area contributed by atoms with Crippen molar-refractivity contribution in [3.8, 4) is 5.75 Å². The number of anilines is 1. The van der Waals surface area contributed by atoms with Gasteiger partial charge in [-0.3, -0.25) is 0 Å². The van der Waals surface area contributed by atoms with Crippen molar-refractivity contribution >= 4 is 37.8 Å². The zero-order valence-corrected chi connectivity index (χ0v) is 17.9. The first-order valence-electron chi connectivity index (χ1n) is 8.50. The molecule has 0 fully saturated rings. The summed E-state index contributed by atoms with van der Waals surface area (Å²) in [5.41, 5.74) is 1.46. The van der Waals surface area contributed by atoms with Crippen molar-refractivity contribution < 1.29 is 17.4 Å². The standard InChI is InChI=1S/C19H23BrN2O4S/c1-4-14(2)22(19(23)21-18-11-6-5-10-17(18)20)13-15-8-7-9-16(12-15)26-27(3,24)25/h5-12,14H,4,13H2,1-3H3,(H,21,23). The van der Waals surface area contributed by atoms with Gasteiger partial charge in [-0.05, 0) is 59.1 Å². The number of hydrogen-bond donors (Lipinski definition) is 1. The number of hydrogen-bond acceptors (Lipinski definition) is 4. The van der Waals surface area contributed by atoms with Gasteiger partial charge in [0, 0.05) is 17.1 Å². The molecular weight excluding hydrogens is 432 g/mol. The van der Waals surface area contributed by atoms with Crippen molar-refractivity contribution in [2.45, 2.75) is 32.9 Å². The summed E-state index contributed by atoms with van der Waals surface area (Å²) >= 11 is 3.43. The lowest BCUT2D eigenvalue weighted by Crippen LogP contribution is -2.40. The fraction of sp³-hybridized carbons (Fsp3) is 0.316. The Morgan fingerprint density at radius 2 is 1.93 bits per heavy atom. The highest BCUT2D eigenvalue weighted by atomic mass is 79.9. The van der Waals surface area contributed by atoms with Gasteiger partial charge < -0.3 is 14.4 Å². The van der Waals surface area contributed by atoms with Gasteiger partial charge in [-0.25, -0.2) is 4.79 Å². The number of para-hydroxylation sites is 1. The van der Waals surface area contributed by atoms with Crippen LogP contribution in [0.1, 0.15) is 25.8 Å². The Balaban J connectivity index is 2.21. The molecule has 146 valence electrons. The van der Waals surface area contributed by atoms with E-state index in [1.807, 2.05) is 44.2 Å². The zero-order valence-electron chi connectivity index (χ0n) is 15.5. The second kappa shape index (κ2) is 9.23. The van der Waals surface area contributed by atoms with Crippen molar-refractivity contribution in [1.29, 1.82) is 0 Å². The largest absolute Gasteiger partial charge is 0.383 e. The lowest BCUT2D eigenvalue weighted by atomic mass is 10.1. The molecule has 0 heterocycles. The van der Waals surface area contributed by atoms with Gasteiger partial charge in [-0.2, -0.15) is 8.42 Å². The predicted octanol–water partition coefficient (Wildman–Crippen LogP) is 4.62. The molecule has 2 aromatic carbocycles. The molecule has 0 aliphatic carbocycles. The van der Waals surface area contributed by atoms with Crippen LogP contribution in [0.25, 0.3) is 0 Å². The van der Waals surface area contributed by atoms with E-state index >= 15 is 0 Å². The van der Waals surface area contributed by atoms with Gasteiger partial charge in [-0.15, -0.1) is 0 Å². The summed E-state index contributed by atoms with van der Waals surface area (Å²) in [5, 5.41) is 2.91. The summed E-state index contributed by atoms with van der Waals surface area (Å²) in [7, 11) is -3.60. The van der Waals surface area contributed by atoms with Crippen LogP contribution in [0.2, 0.25) is 0 Å². The average molecular weight is 455 g/mol. The summed E-state index contributed by atoms with van der Waals surface area (Å²) in [6.45, 7) is 4.30. The monoisotopic (exact) mass is 454 g/mol. The van der Waals surface area contributed by atoms with Crippen molar-refractivity contribution in [2.75, 3.05) is 11.6 Å². The summed E-state index contributed by atoms with van der Waals surface area (Å²) in [4.78, 5) is 14.6. The van der Waals surface area contributed by atoms with E-state index in [1.54, 1.807) is 23.1 Å². The van der Waals surface area contributed by atoms with E-state index in [9.17, 15) is 13.2 Å². The summed E-state index contributed by atoms with van der Waals surface area (Å²) < 4.78 is 28.4. The van der Waals surface area contributed by atoms with E-state index in [-0.39, 0.29) is 17.8 Å². The maximum atomic E-state index is 12.9. The molecule has 1 N–H and O–H groups in total. The van der Waals surface area contributed by atoms with Crippen LogP contribution >= 0.6 is 15.9 Å². The van der Waals surface area contributed by atoms with Gasteiger partial charge >= 0.3 is 16.1 Å². The van der Waals surface area contributed by atoms with Crippen LogP contribution in [0.15, 0.2) is 53.0 Å². The SMILES string of the molecule is CCC(C)N(Cc1cccc(OS(C)(=O)=O)c1)C(=O)Nc1ccccc1Br. The normalized spacial score (nSPS) is 12.3. The molecule has 0 radical (unpaired) electrons. The molecule has 2 aromatic rings. The lowest BCUT2D eigenvalue weighted by molar-refractivity contribution is 0.187. The molecule has 6 nitrogen and oxygen atoms in total. The third-order valence-corrected chi connectivity index (χ3v) is 5.18. The molecule has 0 saturated carbocycles. The molecule has 2 rings (SSSR count). The Hall–Kier alpha value is -2.06. The number of nitrogens with zero attached hydrogens (tertiary/aromatic N) is 1. The number of nitrogens with one attached hydrogen (secondary N) is 1. The van der Waals surface area contributed by atoms with Gasteiger partial charge in [0.1, 0.15) is 5.75 Å². The Labute approximate surface area is 168 Å². The quantitative estimate of drug-likeness (QED) is 0.619. The smallest absolute Gasteiger partial charge is 0.322 e. The van der Waals surface area contributed by atoms with Crippen LogP contribution in [-0.4, -0.2) is 31.6 Å². The first kappa shape index (κ1) is 21.2. The maximum absolute atomic E-state index is 12.9. The first-order chi connectivity index (χ1) is 12.7. The number of rotatable bonds is 7. The molecule has 27 heavy (non-hydrogen) atoms. The van der Waals surface area contributed by atoms with Crippen LogP contribution in [0.4, 0.5) is 10.5 Å². The van der Waals surface area contributed by atoms with E-state index in [1.165, 1.54) is 0 Å². The molecule has 1 atom stereocenters. The highest BCUT2D eigenvalue weighted by molar-refractivity contribution is 9.10. The van der Waals surface area contributed by atoms with E-state index in [2.05, 4.69) is 21.2 Å². The van der Waals surface area contributed by atoms with E-state index in [0.717, 1.165) is 22.7 Å². The van der Waals surface area contributed by atoms with Crippen LogP contribution in [0, 0.1) is 0 Å². The topological polar surface area (TPSA) is 75.7 Å². The third kappa shape index (κ3) is 6.55. The number of carbonyl (C=O) groups is 1. The van der Waals surface area contributed by atoms with E-state index in [0.29, 0.717) is 12.2 Å². The van der Waals surface area contributed by atoms with E-state index < -0.39 is 10.1 Å².